The first-order chi connectivity index (χ1) is 8.16. The minimum absolute atomic E-state index is 0.00365. The number of carbonyl (C=O) groups excluding carboxylic acids is 1. The van der Waals surface area contributed by atoms with Crippen LogP contribution in [0.25, 0.3) is 0 Å². The van der Waals surface area contributed by atoms with Gasteiger partial charge in [0.25, 0.3) is 5.91 Å². The van der Waals surface area contributed by atoms with Crippen molar-refractivity contribution in [2.45, 2.75) is 12.5 Å². The number of carboxylic acid groups (broad SMARTS) is 1. The fourth-order valence-corrected chi connectivity index (χ4v) is 1.61. The Hall–Kier alpha value is -1.95. The predicted molar refractivity (Wildman–Crippen MR) is 57.9 cm³/mol. The Kier molecular flexibility index (Phi) is 3.34. The van der Waals surface area contributed by atoms with E-state index in [2.05, 4.69) is 10.3 Å². The van der Waals surface area contributed by atoms with E-state index >= 15 is 0 Å². The number of pyridine rings is 1. The van der Waals surface area contributed by atoms with Crippen molar-refractivity contribution < 1.29 is 19.4 Å². The summed E-state index contributed by atoms with van der Waals surface area (Å²) in [5, 5.41) is 11.5. The molecule has 0 bridgehead atoms. The molecule has 6 nitrogen and oxygen atoms in total. The van der Waals surface area contributed by atoms with Crippen LogP contribution < -0.4 is 5.32 Å². The van der Waals surface area contributed by atoms with E-state index in [1.54, 1.807) is 0 Å². The molecular formula is C11H12N2O4. The standard InChI is InChI=1S/C11H12N2O4/c14-10(13-8-2-4-17-6-8)7-1-3-12-9(5-7)11(15)16/h1,3,5,8H,2,4,6H2,(H,13,14)(H,15,16). The molecule has 1 aliphatic heterocycles. The van der Waals surface area contributed by atoms with Crippen LogP contribution in [-0.4, -0.2) is 41.2 Å². The van der Waals surface area contributed by atoms with E-state index in [0.29, 0.717) is 18.8 Å². The first-order valence-corrected chi connectivity index (χ1v) is 5.25. The molecule has 6 heteroatoms. The maximum Gasteiger partial charge on any atom is 0.354 e. The zero-order valence-corrected chi connectivity index (χ0v) is 9.05. The maximum atomic E-state index is 11.8. The summed E-state index contributed by atoms with van der Waals surface area (Å²) >= 11 is 0. The molecule has 2 N–H and O–H groups in total. The van der Waals surface area contributed by atoms with E-state index in [4.69, 9.17) is 9.84 Å². The van der Waals surface area contributed by atoms with Gasteiger partial charge in [-0.25, -0.2) is 9.78 Å². The molecule has 1 unspecified atom stereocenters. The van der Waals surface area contributed by atoms with Crippen molar-refractivity contribution in [2.24, 2.45) is 0 Å². The van der Waals surface area contributed by atoms with Crippen LogP contribution in [0.15, 0.2) is 18.3 Å². The van der Waals surface area contributed by atoms with Crippen molar-refractivity contribution in [3.8, 4) is 0 Å². The molecule has 1 aromatic heterocycles. The van der Waals surface area contributed by atoms with Crippen molar-refractivity contribution in [3.63, 3.8) is 0 Å². The molecule has 1 fully saturated rings. The van der Waals surface area contributed by atoms with E-state index in [-0.39, 0.29) is 17.6 Å². The highest BCUT2D eigenvalue weighted by Gasteiger charge is 2.19. The third-order valence-electron chi connectivity index (χ3n) is 2.51. The zero-order valence-electron chi connectivity index (χ0n) is 9.05. The number of hydrogen-bond donors (Lipinski definition) is 2. The van der Waals surface area contributed by atoms with Gasteiger partial charge in [-0.1, -0.05) is 0 Å². The molecule has 0 aliphatic carbocycles. The Labute approximate surface area is 97.6 Å². The van der Waals surface area contributed by atoms with Gasteiger partial charge >= 0.3 is 5.97 Å². The fraction of sp³-hybridized carbons (Fsp3) is 0.364. The number of aromatic nitrogens is 1. The molecule has 1 amide bonds. The van der Waals surface area contributed by atoms with Gasteiger partial charge in [0, 0.05) is 18.4 Å². The third kappa shape index (κ3) is 2.79. The van der Waals surface area contributed by atoms with Crippen LogP contribution in [0.4, 0.5) is 0 Å². The van der Waals surface area contributed by atoms with Crippen LogP contribution in [0.5, 0.6) is 0 Å². The number of ether oxygens (including phenoxy) is 1. The molecule has 1 aromatic rings. The highest BCUT2D eigenvalue weighted by atomic mass is 16.5. The van der Waals surface area contributed by atoms with Crippen molar-refractivity contribution in [3.05, 3.63) is 29.6 Å². The van der Waals surface area contributed by atoms with E-state index < -0.39 is 5.97 Å². The molecule has 2 heterocycles. The Morgan fingerprint density at radius 2 is 2.35 bits per heavy atom. The number of carboxylic acids is 1. The molecule has 0 saturated carbocycles. The first kappa shape index (κ1) is 11.5. The lowest BCUT2D eigenvalue weighted by Crippen LogP contribution is -2.35. The Morgan fingerprint density at radius 3 is 3.00 bits per heavy atom. The number of amides is 1. The summed E-state index contributed by atoms with van der Waals surface area (Å²) in [6.07, 6.45) is 2.09. The van der Waals surface area contributed by atoms with Crippen molar-refractivity contribution >= 4 is 11.9 Å². The molecule has 1 atom stereocenters. The average molecular weight is 236 g/mol. The average Bonchev–Trinajstić information content (AvgIpc) is 2.82. The second kappa shape index (κ2) is 4.92. The van der Waals surface area contributed by atoms with Crippen LogP contribution in [0, 0.1) is 0 Å². The number of nitrogens with one attached hydrogen (secondary N) is 1. The van der Waals surface area contributed by atoms with Crippen molar-refractivity contribution in [2.75, 3.05) is 13.2 Å². The first-order valence-electron chi connectivity index (χ1n) is 5.25. The van der Waals surface area contributed by atoms with Gasteiger partial charge in [0.05, 0.1) is 12.6 Å². The monoisotopic (exact) mass is 236 g/mol. The molecule has 17 heavy (non-hydrogen) atoms. The van der Waals surface area contributed by atoms with Crippen LogP contribution in [0.2, 0.25) is 0 Å². The summed E-state index contributed by atoms with van der Waals surface area (Å²) in [4.78, 5) is 26.1. The van der Waals surface area contributed by atoms with Gasteiger partial charge in [-0.3, -0.25) is 4.79 Å². The summed E-state index contributed by atoms with van der Waals surface area (Å²) in [5.41, 5.74) is 0.157. The zero-order chi connectivity index (χ0) is 12.3. The van der Waals surface area contributed by atoms with E-state index in [1.807, 2.05) is 0 Å². The SMILES string of the molecule is O=C(NC1CCOC1)c1ccnc(C(=O)O)c1. The third-order valence-corrected chi connectivity index (χ3v) is 2.51. The van der Waals surface area contributed by atoms with Gasteiger partial charge in [0.1, 0.15) is 5.69 Å². The van der Waals surface area contributed by atoms with Gasteiger partial charge in [-0.2, -0.15) is 0 Å². The summed E-state index contributed by atoms with van der Waals surface area (Å²) in [7, 11) is 0. The molecule has 2 rings (SSSR count). The number of nitrogens with zero attached hydrogens (tertiary/aromatic N) is 1. The Balaban J connectivity index is 2.07. The van der Waals surface area contributed by atoms with E-state index in [9.17, 15) is 9.59 Å². The summed E-state index contributed by atoms with van der Waals surface area (Å²) in [6.45, 7) is 1.14. The molecule has 1 aliphatic rings. The van der Waals surface area contributed by atoms with Gasteiger partial charge in [0.2, 0.25) is 0 Å². The summed E-state index contributed by atoms with van der Waals surface area (Å²) in [5.74, 6) is -1.45. The molecule has 0 radical (unpaired) electrons. The topological polar surface area (TPSA) is 88.5 Å². The van der Waals surface area contributed by atoms with Crippen LogP contribution in [-0.2, 0) is 4.74 Å². The van der Waals surface area contributed by atoms with E-state index in [0.717, 1.165) is 6.42 Å². The second-order valence-electron chi connectivity index (χ2n) is 3.77. The minimum atomic E-state index is -1.15. The van der Waals surface area contributed by atoms with Gasteiger partial charge in [-0.15, -0.1) is 0 Å². The van der Waals surface area contributed by atoms with Crippen LogP contribution >= 0.6 is 0 Å². The normalized spacial score (nSPS) is 18.9. The lowest BCUT2D eigenvalue weighted by molar-refractivity contribution is 0.0690. The smallest absolute Gasteiger partial charge is 0.354 e. The highest BCUT2D eigenvalue weighted by molar-refractivity contribution is 5.96. The number of rotatable bonds is 3. The number of aromatic carboxylic acids is 1. The fourth-order valence-electron chi connectivity index (χ4n) is 1.61. The number of hydrogen-bond acceptors (Lipinski definition) is 4. The van der Waals surface area contributed by atoms with Crippen LogP contribution in [0.3, 0.4) is 0 Å². The molecular weight excluding hydrogens is 224 g/mol. The van der Waals surface area contributed by atoms with Gasteiger partial charge in [-0.05, 0) is 18.6 Å². The van der Waals surface area contributed by atoms with Gasteiger partial charge in [0.15, 0.2) is 0 Å². The minimum Gasteiger partial charge on any atom is -0.477 e. The summed E-state index contributed by atoms with van der Waals surface area (Å²) < 4.78 is 5.13. The van der Waals surface area contributed by atoms with Crippen molar-refractivity contribution in [1.29, 1.82) is 0 Å². The molecule has 90 valence electrons. The Morgan fingerprint density at radius 1 is 1.53 bits per heavy atom. The predicted octanol–water partition coefficient (Wildman–Crippen LogP) is 0.298. The van der Waals surface area contributed by atoms with Crippen LogP contribution in [0.1, 0.15) is 27.3 Å². The number of carbonyl (C=O) groups is 2. The molecule has 0 aromatic carbocycles. The largest absolute Gasteiger partial charge is 0.477 e. The lowest BCUT2D eigenvalue weighted by Gasteiger charge is -2.10. The summed E-state index contributed by atoms with van der Waals surface area (Å²) in [6, 6.07) is 2.74. The highest BCUT2D eigenvalue weighted by Crippen LogP contribution is 2.06. The molecule has 0 spiro atoms. The molecule has 1 saturated heterocycles. The second-order valence-corrected chi connectivity index (χ2v) is 3.77. The van der Waals surface area contributed by atoms with Gasteiger partial charge < -0.3 is 15.2 Å². The maximum absolute atomic E-state index is 11.8. The quantitative estimate of drug-likeness (QED) is 0.787. The van der Waals surface area contributed by atoms with E-state index in [1.165, 1.54) is 18.3 Å². The lowest BCUT2D eigenvalue weighted by atomic mass is 10.2. The van der Waals surface area contributed by atoms with Crippen molar-refractivity contribution in [1.82, 2.24) is 10.3 Å². The Bertz CT molecular complexity index is 441.